The van der Waals surface area contributed by atoms with Crippen LogP contribution in [0.25, 0.3) is 11.3 Å². The van der Waals surface area contributed by atoms with Crippen LogP contribution in [-0.4, -0.2) is 28.6 Å². The minimum atomic E-state index is -0.366. The average Bonchev–Trinajstić information content (AvgIpc) is 3.33. The van der Waals surface area contributed by atoms with Crippen LogP contribution in [0, 0.1) is 12.8 Å². The first-order valence-corrected chi connectivity index (χ1v) is 8.88. The van der Waals surface area contributed by atoms with Gasteiger partial charge in [0.2, 0.25) is 11.8 Å². The van der Waals surface area contributed by atoms with Crippen molar-refractivity contribution in [1.82, 2.24) is 10.2 Å². The molecule has 1 saturated heterocycles. The molecule has 0 saturated carbocycles. The standard InChI is InChI=1S/C21H20N4O2/c1-14-5-7-18(8-6-14)25-13-16(12-20(25)26)21(27)23-17-4-2-3-15(11-17)19-9-10-22-24-19/h2-11,16H,12-13H2,1H3,(H,22,24)(H,23,27). The van der Waals surface area contributed by atoms with Gasteiger partial charge in [-0.15, -0.1) is 0 Å². The first kappa shape index (κ1) is 17.0. The Morgan fingerprint density at radius 3 is 2.74 bits per heavy atom. The maximum atomic E-state index is 12.7. The van der Waals surface area contributed by atoms with Gasteiger partial charge >= 0.3 is 0 Å². The monoisotopic (exact) mass is 360 g/mol. The number of nitrogens with zero attached hydrogens (tertiary/aromatic N) is 2. The van der Waals surface area contributed by atoms with Crippen molar-refractivity contribution in [2.45, 2.75) is 13.3 Å². The smallest absolute Gasteiger partial charge is 0.229 e. The van der Waals surface area contributed by atoms with E-state index in [0.717, 1.165) is 22.5 Å². The minimum Gasteiger partial charge on any atom is -0.326 e. The lowest BCUT2D eigenvalue weighted by atomic mass is 10.1. The fraction of sp³-hybridized carbons (Fsp3) is 0.190. The Kier molecular flexibility index (Phi) is 4.46. The molecular weight excluding hydrogens is 340 g/mol. The summed E-state index contributed by atoms with van der Waals surface area (Å²) in [6.45, 7) is 2.40. The van der Waals surface area contributed by atoms with Crippen LogP contribution in [0.15, 0.2) is 60.8 Å². The Hall–Kier alpha value is -3.41. The Bertz CT molecular complexity index is 964. The Balaban J connectivity index is 1.45. The topological polar surface area (TPSA) is 78.1 Å². The predicted molar refractivity (Wildman–Crippen MR) is 104 cm³/mol. The third kappa shape index (κ3) is 3.60. The quantitative estimate of drug-likeness (QED) is 0.749. The zero-order valence-corrected chi connectivity index (χ0v) is 15.0. The van der Waals surface area contributed by atoms with E-state index in [2.05, 4.69) is 15.5 Å². The number of carbonyl (C=O) groups is 2. The van der Waals surface area contributed by atoms with Crippen LogP contribution in [-0.2, 0) is 9.59 Å². The number of rotatable bonds is 4. The summed E-state index contributed by atoms with van der Waals surface area (Å²) in [6.07, 6.45) is 1.91. The van der Waals surface area contributed by atoms with Gasteiger partial charge in [-0.3, -0.25) is 14.7 Å². The molecule has 2 amide bonds. The number of carbonyl (C=O) groups excluding carboxylic acids is 2. The van der Waals surface area contributed by atoms with Crippen LogP contribution in [0.5, 0.6) is 0 Å². The van der Waals surface area contributed by atoms with Crippen LogP contribution in [0.2, 0.25) is 0 Å². The molecule has 1 aliphatic rings. The van der Waals surface area contributed by atoms with Crippen LogP contribution in [0.3, 0.4) is 0 Å². The molecule has 2 N–H and O–H groups in total. The lowest BCUT2D eigenvalue weighted by Gasteiger charge is -2.17. The largest absolute Gasteiger partial charge is 0.326 e. The molecule has 0 aliphatic carbocycles. The molecule has 1 aromatic heterocycles. The van der Waals surface area contributed by atoms with Gasteiger partial charge in [-0.2, -0.15) is 5.10 Å². The second kappa shape index (κ2) is 7.07. The maximum absolute atomic E-state index is 12.7. The van der Waals surface area contributed by atoms with E-state index >= 15 is 0 Å². The number of hydrogen-bond donors (Lipinski definition) is 2. The van der Waals surface area contributed by atoms with Crippen LogP contribution >= 0.6 is 0 Å². The Morgan fingerprint density at radius 2 is 2.00 bits per heavy atom. The number of anilines is 2. The predicted octanol–water partition coefficient (Wildman–Crippen LogP) is 3.38. The molecule has 6 heteroatoms. The molecule has 0 spiro atoms. The summed E-state index contributed by atoms with van der Waals surface area (Å²) in [7, 11) is 0. The molecule has 6 nitrogen and oxygen atoms in total. The second-order valence-electron chi connectivity index (χ2n) is 6.78. The van der Waals surface area contributed by atoms with Gasteiger partial charge < -0.3 is 10.2 Å². The summed E-state index contributed by atoms with van der Waals surface area (Å²) < 4.78 is 0. The van der Waals surface area contributed by atoms with E-state index < -0.39 is 0 Å². The number of aromatic nitrogens is 2. The van der Waals surface area contributed by atoms with Crippen molar-refractivity contribution in [1.29, 1.82) is 0 Å². The van der Waals surface area contributed by atoms with Gasteiger partial charge in [0.25, 0.3) is 0 Å². The molecule has 1 aliphatic heterocycles. The van der Waals surface area contributed by atoms with E-state index in [4.69, 9.17) is 0 Å². The van der Waals surface area contributed by atoms with Crippen molar-refractivity contribution in [2.24, 2.45) is 5.92 Å². The summed E-state index contributed by atoms with van der Waals surface area (Å²) in [5.74, 6) is -0.528. The number of hydrogen-bond acceptors (Lipinski definition) is 3. The van der Waals surface area contributed by atoms with E-state index in [1.165, 1.54) is 0 Å². The van der Waals surface area contributed by atoms with Gasteiger partial charge in [0.1, 0.15) is 0 Å². The minimum absolute atomic E-state index is 0.0230. The summed E-state index contributed by atoms with van der Waals surface area (Å²) in [5.41, 5.74) is 4.49. The molecule has 27 heavy (non-hydrogen) atoms. The highest BCUT2D eigenvalue weighted by atomic mass is 16.2. The summed E-state index contributed by atoms with van der Waals surface area (Å²) >= 11 is 0. The number of nitrogens with one attached hydrogen (secondary N) is 2. The highest BCUT2D eigenvalue weighted by Gasteiger charge is 2.35. The first-order valence-electron chi connectivity index (χ1n) is 8.88. The fourth-order valence-corrected chi connectivity index (χ4v) is 3.28. The third-order valence-electron chi connectivity index (χ3n) is 4.78. The molecule has 1 fully saturated rings. The second-order valence-corrected chi connectivity index (χ2v) is 6.78. The van der Waals surface area contributed by atoms with Gasteiger partial charge in [-0.1, -0.05) is 29.8 Å². The molecule has 1 unspecified atom stereocenters. The molecular formula is C21H20N4O2. The van der Waals surface area contributed by atoms with Crippen molar-refractivity contribution in [2.75, 3.05) is 16.8 Å². The van der Waals surface area contributed by atoms with E-state index in [-0.39, 0.29) is 24.2 Å². The number of aryl methyl sites for hydroxylation is 1. The number of benzene rings is 2. The van der Waals surface area contributed by atoms with Crippen LogP contribution in [0.1, 0.15) is 12.0 Å². The third-order valence-corrected chi connectivity index (χ3v) is 4.78. The molecule has 1 atom stereocenters. The summed E-state index contributed by atoms with van der Waals surface area (Å²) in [5, 5.41) is 9.79. The highest BCUT2D eigenvalue weighted by Crippen LogP contribution is 2.27. The number of aromatic amines is 1. The molecule has 2 heterocycles. The van der Waals surface area contributed by atoms with E-state index in [1.807, 2.05) is 61.5 Å². The number of amides is 2. The zero-order valence-electron chi connectivity index (χ0n) is 15.0. The highest BCUT2D eigenvalue weighted by molar-refractivity contribution is 6.03. The molecule has 136 valence electrons. The summed E-state index contributed by atoms with van der Waals surface area (Å²) in [4.78, 5) is 26.7. The van der Waals surface area contributed by atoms with Crippen molar-refractivity contribution in [3.63, 3.8) is 0 Å². The van der Waals surface area contributed by atoms with Crippen molar-refractivity contribution in [3.8, 4) is 11.3 Å². The molecule has 0 bridgehead atoms. The van der Waals surface area contributed by atoms with Crippen molar-refractivity contribution >= 4 is 23.2 Å². The Labute approximate surface area is 157 Å². The van der Waals surface area contributed by atoms with Gasteiger partial charge in [-0.25, -0.2) is 0 Å². The van der Waals surface area contributed by atoms with E-state index in [0.29, 0.717) is 12.2 Å². The van der Waals surface area contributed by atoms with Crippen LogP contribution in [0.4, 0.5) is 11.4 Å². The van der Waals surface area contributed by atoms with Gasteiger partial charge in [-0.05, 0) is 37.3 Å². The maximum Gasteiger partial charge on any atom is 0.229 e. The Morgan fingerprint density at radius 1 is 1.19 bits per heavy atom. The van der Waals surface area contributed by atoms with E-state index in [1.54, 1.807) is 11.1 Å². The molecule has 0 radical (unpaired) electrons. The van der Waals surface area contributed by atoms with E-state index in [9.17, 15) is 9.59 Å². The molecule has 4 rings (SSSR count). The lowest BCUT2D eigenvalue weighted by molar-refractivity contribution is -0.122. The SMILES string of the molecule is Cc1ccc(N2CC(C(=O)Nc3cccc(-c4ccn[nH]4)c3)CC2=O)cc1. The van der Waals surface area contributed by atoms with Crippen molar-refractivity contribution < 1.29 is 9.59 Å². The van der Waals surface area contributed by atoms with Gasteiger partial charge in [0.05, 0.1) is 11.6 Å². The molecule has 3 aromatic rings. The zero-order chi connectivity index (χ0) is 18.8. The number of H-pyrrole nitrogens is 1. The van der Waals surface area contributed by atoms with Crippen LogP contribution < -0.4 is 10.2 Å². The van der Waals surface area contributed by atoms with Gasteiger partial charge in [0.15, 0.2) is 0 Å². The normalized spacial score (nSPS) is 16.6. The van der Waals surface area contributed by atoms with Crippen molar-refractivity contribution in [3.05, 3.63) is 66.4 Å². The first-order chi connectivity index (χ1) is 13.1. The average molecular weight is 360 g/mol. The summed E-state index contributed by atoms with van der Waals surface area (Å²) in [6, 6.07) is 17.2. The fourth-order valence-electron chi connectivity index (χ4n) is 3.28. The molecule has 2 aromatic carbocycles. The van der Waals surface area contributed by atoms with Gasteiger partial charge in [0, 0.05) is 36.1 Å². The lowest BCUT2D eigenvalue weighted by Crippen LogP contribution is -2.28.